The normalized spacial score (nSPS) is 10.8. The number of nitrogens with one attached hydrogen (secondary N) is 2. The van der Waals surface area contributed by atoms with Crippen LogP contribution in [0.3, 0.4) is 0 Å². The zero-order chi connectivity index (χ0) is 21.5. The molecular formula is C23H23N3O3S. The average molecular weight is 422 g/mol. The van der Waals surface area contributed by atoms with Gasteiger partial charge in [0.15, 0.2) is 5.11 Å². The van der Waals surface area contributed by atoms with E-state index in [1.807, 2.05) is 56.3 Å². The summed E-state index contributed by atoms with van der Waals surface area (Å²) in [5.74, 6) is 0.901. The Morgan fingerprint density at radius 1 is 1.10 bits per heavy atom. The first-order valence-electron chi connectivity index (χ1n) is 9.51. The number of hydrogen-bond donors (Lipinski definition) is 2. The molecule has 0 unspecified atom stereocenters. The van der Waals surface area contributed by atoms with Crippen LogP contribution in [0.1, 0.15) is 34.2 Å². The van der Waals surface area contributed by atoms with E-state index in [0.29, 0.717) is 28.8 Å². The lowest BCUT2D eigenvalue weighted by Crippen LogP contribution is -2.24. The number of thiocarbonyl (C=S) groups is 1. The molecule has 0 aliphatic rings. The van der Waals surface area contributed by atoms with Crippen molar-refractivity contribution >= 4 is 35.2 Å². The fourth-order valence-electron chi connectivity index (χ4n) is 2.87. The zero-order valence-electron chi connectivity index (χ0n) is 17.1. The number of carbonyl (C=O) groups excluding carboxylic acids is 1. The minimum atomic E-state index is -0.340. The predicted octanol–water partition coefficient (Wildman–Crippen LogP) is 5.06. The Balaban J connectivity index is 1.59. The maximum absolute atomic E-state index is 11.7. The van der Waals surface area contributed by atoms with Gasteiger partial charge in [-0.05, 0) is 68.4 Å². The number of benzene rings is 2. The standard InChI is InChI=1S/C23H23N3O3S/c1-4-28-22(27)18-10-8-17(9-11-18)20-13-12-19(29-20)14-24-26-23(30)25-21-15(2)6-5-7-16(21)3/h5-14H,4H2,1-3H3,(H2,25,26,30)/b24-14-. The van der Waals surface area contributed by atoms with Crippen LogP contribution in [0, 0.1) is 13.8 Å². The monoisotopic (exact) mass is 421 g/mol. The molecule has 2 N–H and O–H groups in total. The molecular weight excluding hydrogens is 398 g/mol. The lowest BCUT2D eigenvalue weighted by atomic mass is 10.1. The fraction of sp³-hybridized carbons (Fsp3) is 0.174. The van der Waals surface area contributed by atoms with Crippen LogP contribution in [-0.4, -0.2) is 23.9 Å². The molecule has 0 saturated heterocycles. The Morgan fingerprint density at radius 2 is 1.80 bits per heavy atom. The van der Waals surface area contributed by atoms with Crippen LogP contribution in [0.2, 0.25) is 0 Å². The van der Waals surface area contributed by atoms with Gasteiger partial charge < -0.3 is 14.5 Å². The van der Waals surface area contributed by atoms with Crippen LogP contribution in [0.5, 0.6) is 0 Å². The topological polar surface area (TPSA) is 75.9 Å². The molecule has 0 saturated carbocycles. The molecule has 2 aromatic carbocycles. The zero-order valence-corrected chi connectivity index (χ0v) is 17.9. The molecule has 30 heavy (non-hydrogen) atoms. The fourth-order valence-corrected chi connectivity index (χ4v) is 3.02. The number of anilines is 1. The first-order valence-corrected chi connectivity index (χ1v) is 9.92. The highest BCUT2D eigenvalue weighted by atomic mass is 32.1. The van der Waals surface area contributed by atoms with Crippen LogP contribution >= 0.6 is 12.2 Å². The van der Waals surface area contributed by atoms with Crippen LogP contribution in [-0.2, 0) is 4.74 Å². The number of rotatable bonds is 6. The molecule has 0 radical (unpaired) electrons. The van der Waals surface area contributed by atoms with Gasteiger partial charge in [0.25, 0.3) is 0 Å². The first-order chi connectivity index (χ1) is 14.5. The third kappa shape index (κ3) is 5.33. The predicted molar refractivity (Wildman–Crippen MR) is 123 cm³/mol. The van der Waals surface area contributed by atoms with Gasteiger partial charge in [0, 0.05) is 11.3 Å². The third-order valence-electron chi connectivity index (χ3n) is 4.38. The van der Waals surface area contributed by atoms with Crippen molar-refractivity contribution in [3.63, 3.8) is 0 Å². The molecule has 7 heteroatoms. The van der Waals surface area contributed by atoms with Gasteiger partial charge in [0.1, 0.15) is 11.5 Å². The summed E-state index contributed by atoms with van der Waals surface area (Å²) < 4.78 is 10.8. The third-order valence-corrected chi connectivity index (χ3v) is 4.58. The maximum atomic E-state index is 11.7. The van der Waals surface area contributed by atoms with Crippen molar-refractivity contribution in [2.24, 2.45) is 5.10 Å². The molecule has 3 aromatic rings. The maximum Gasteiger partial charge on any atom is 0.338 e. The second-order valence-corrected chi connectivity index (χ2v) is 7.00. The molecule has 6 nitrogen and oxygen atoms in total. The summed E-state index contributed by atoms with van der Waals surface area (Å²) in [5.41, 5.74) is 7.32. The Morgan fingerprint density at radius 3 is 2.47 bits per heavy atom. The van der Waals surface area contributed by atoms with E-state index in [1.165, 1.54) is 0 Å². The van der Waals surface area contributed by atoms with Crippen molar-refractivity contribution in [1.29, 1.82) is 0 Å². The van der Waals surface area contributed by atoms with E-state index < -0.39 is 0 Å². The van der Waals surface area contributed by atoms with Gasteiger partial charge in [-0.2, -0.15) is 5.10 Å². The van der Waals surface area contributed by atoms with Gasteiger partial charge >= 0.3 is 5.97 Å². The van der Waals surface area contributed by atoms with Gasteiger partial charge in [-0.25, -0.2) is 4.79 Å². The van der Waals surface area contributed by atoms with Crippen LogP contribution in [0.15, 0.2) is 64.1 Å². The molecule has 3 rings (SSSR count). The second kappa shape index (κ2) is 9.84. The summed E-state index contributed by atoms with van der Waals surface area (Å²) in [7, 11) is 0. The van der Waals surface area contributed by atoms with E-state index in [9.17, 15) is 4.79 Å². The van der Waals surface area contributed by atoms with Gasteiger partial charge in [-0.15, -0.1) is 0 Å². The Labute approximate surface area is 180 Å². The number of hydrazone groups is 1. The first kappa shape index (κ1) is 21.3. The van der Waals surface area contributed by atoms with Gasteiger partial charge in [0.2, 0.25) is 0 Å². The van der Waals surface area contributed by atoms with Gasteiger partial charge in [-0.1, -0.05) is 30.3 Å². The SMILES string of the molecule is CCOC(=O)c1ccc(-c2ccc(/C=N\NC(=S)Nc3c(C)cccc3C)o2)cc1. The van der Waals surface area contributed by atoms with Crippen molar-refractivity contribution < 1.29 is 13.9 Å². The van der Waals surface area contributed by atoms with Crippen molar-refractivity contribution in [2.75, 3.05) is 11.9 Å². The highest BCUT2D eigenvalue weighted by Crippen LogP contribution is 2.22. The number of furan rings is 1. The highest BCUT2D eigenvalue weighted by molar-refractivity contribution is 7.80. The minimum absolute atomic E-state index is 0.340. The molecule has 0 fully saturated rings. The smallest absolute Gasteiger partial charge is 0.338 e. The Bertz CT molecular complexity index is 1050. The van der Waals surface area contributed by atoms with Crippen molar-refractivity contribution in [3.05, 3.63) is 77.0 Å². The molecule has 1 heterocycles. The molecule has 0 amide bonds. The highest BCUT2D eigenvalue weighted by Gasteiger charge is 2.08. The number of hydrogen-bond acceptors (Lipinski definition) is 5. The molecule has 154 valence electrons. The van der Waals surface area contributed by atoms with Gasteiger partial charge in [0.05, 0.1) is 18.4 Å². The second-order valence-electron chi connectivity index (χ2n) is 6.59. The summed E-state index contributed by atoms with van der Waals surface area (Å²) in [6.45, 7) is 6.16. The van der Waals surface area contributed by atoms with E-state index in [-0.39, 0.29) is 5.97 Å². The summed E-state index contributed by atoms with van der Waals surface area (Å²) in [6.07, 6.45) is 1.55. The quantitative estimate of drug-likeness (QED) is 0.251. The Kier molecular flexibility index (Phi) is 6.98. The molecule has 0 aliphatic carbocycles. The van der Waals surface area contributed by atoms with Crippen LogP contribution in [0.4, 0.5) is 5.69 Å². The van der Waals surface area contributed by atoms with E-state index in [2.05, 4.69) is 15.8 Å². The number of carbonyl (C=O) groups is 1. The van der Waals surface area contributed by atoms with E-state index >= 15 is 0 Å². The van der Waals surface area contributed by atoms with Gasteiger partial charge in [-0.3, -0.25) is 5.43 Å². The summed E-state index contributed by atoms with van der Waals surface area (Å²) in [4.78, 5) is 11.7. The molecule has 0 spiro atoms. The molecule has 0 atom stereocenters. The number of esters is 1. The van der Waals surface area contributed by atoms with Crippen LogP contribution < -0.4 is 10.7 Å². The van der Waals surface area contributed by atoms with E-state index in [1.54, 1.807) is 25.3 Å². The lowest BCUT2D eigenvalue weighted by Gasteiger charge is -2.12. The Hall–Kier alpha value is -3.45. The number of ether oxygens (including phenoxy) is 1. The minimum Gasteiger partial charge on any atom is -0.462 e. The summed E-state index contributed by atoms with van der Waals surface area (Å²) >= 11 is 5.30. The summed E-state index contributed by atoms with van der Waals surface area (Å²) in [6, 6.07) is 16.7. The molecule has 1 aromatic heterocycles. The van der Waals surface area contributed by atoms with Crippen LogP contribution in [0.25, 0.3) is 11.3 Å². The summed E-state index contributed by atoms with van der Waals surface area (Å²) in [5, 5.41) is 7.68. The van der Waals surface area contributed by atoms with E-state index in [4.69, 9.17) is 21.4 Å². The van der Waals surface area contributed by atoms with Crippen molar-refractivity contribution in [3.8, 4) is 11.3 Å². The number of nitrogens with zero attached hydrogens (tertiary/aromatic N) is 1. The number of aryl methyl sites for hydroxylation is 2. The van der Waals surface area contributed by atoms with Crippen molar-refractivity contribution in [2.45, 2.75) is 20.8 Å². The lowest BCUT2D eigenvalue weighted by molar-refractivity contribution is 0.0526. The molecule has 0 aliphatic heterocycles. The largest absolute Gasteiger partial charge is 0.462 e. The van der Waals surface area contributed by atoms with Crippen molar-refractivity contribution in [1.82, 2.24) is 5.43 Å². The average Bonchev–Trinajstić information content (AvgIpc) is 3.20. The number of para-hydroxylation sites is 1. The van der Waals surface area contributed by atoms with E-state index in [0.717, 1.165) is 22.4 Å². The molecule has 0 bridgehead atoms.